The monoisotopic (exact) mass is 267 g/mol. The van der Waals surface area contributed by atoms with Crippen molar-refractivity contribution >= 4 is 11.5 Å². The van der Waals surface area contributed by atoms with E-state index in [4.69, 9.17) is 5.26 Å². The van der Waals surface area contributed by atoms with Crippen LogP contribution in [0.5, 0.6) is 0 Å². The first kappa shape index (κ1) is 13.6. The van der Waals surface area contributed by atoms with E-state index in [2.05, 4.69) is 15.9 Å². The fourth-order valence-electron chi connectivity index (χ4n) is 1.78. The maximum Gasteiger partial charge on any atom is 0.330 e. The lowest BCUT2D eigenvalue weighted by molar-refractivity contribution is -0.134. The number of methoxy groups -OCH3 is 1. The van der Waals surface area contributed by atoms with Crippen molar-refractivity contribution in [2.24, 2.45) is 0 Å². The summed E-state index contributed by atoms with van der Waals surface area (Å²) in [5, 5.41) is 13.1. The summed E-state index contributed by atoms with van der Waals surface area (Å²) < 4.78 is 6.37. The molecule has 1 aromatic carbocycles. The number of nitriles is 1. The van der Waals surface area contributed by atoms with Gasteiger partial charge in [0, 0.05) is 18.5 Å². The van der Waals surface area contributed by atoms with Gasteiger partial charge in [-0.15, -0.1) is 0 Å². The first-order valence-corrected chi connectivity index (χ1v) is 5.99. The lowest BCUT2D eigenvalue weighted by atomic mass is 10.0. The summed E-state index contributed by atoms with van der Waals surface area (Å²) in [6, 6.07) is 11.0. The Bertz CT molecular complexity index is 667. The summed E-state index contributed by atoms with van der Waals surface area (Å²) in [5.41, 5.74) is 2.07. The van der Waals surface area contributed by atoms with Crippen LogP contribution in [-0.2, 0) is 16.1 Å². The molecule has 0 amide bonds. The predicted molar refractivity (Wildman–Crippen MR) is 73.4 cm³/mol. The molecule has 1 aromatic heterocycles. The molecule has 0 unspecified atom stereocenters. The third-order valence-corrected chi connectivity index (χ3v) is 2.75. The molecule has 1 heterocycles. The van der Waals surface area contributed by atoms with Gasteiger partial charge < -0.3 is 4.74 Å². The molecule has 0 bridgehead atoms. The Morgan fingerprint density at radius 1 is 1.50 bits per heavy atom. The van der Waals surface area contributed by atoms with Gasteiger partial charge in [0.15, 0.2) is 0 Å². The molecule has 2 aromatic rings. The van der Waals surface area contributed by atoms with Crippen LogP contribution in [0.4, 0.5) is 0 Å². The molecule has 0 atom stereocenters. The quantitative estimate of drug-likeness (QED) is 0.627. The zero-order chi connectivity index (χ0) is 14.4. The minimum atomic E-state index is -0.436. The van der Waals surface area contributed by atoms with Crippen LogP contribution in [0.15, 0.2) is 48.8 Å². The average Bonchev–Trinajstić information content (AvgIpc) is 2.99. The second-order valence-corrected chi connectivity index (χ2v) is 4.09. The van der Waals surface area contributed by atoms with Crippen molar-refractivity contribution < 1.29 is 9.53 Å². The topological polar surface area (TPSA) is 67.9 Å². The van der Waals surface area contributed by atoms with Crippen LogP contribution in [-0.4, -0.2) is 22.9 Å². The molecular weight excluding hydrogens is 254 g/mol. The summed E-state index contributed by atoms with van der Waals surface area (Å²) >= 11 is 0. The molecule has 0 saturated heterocycles. The van der Waals surface area contributed by atoms with Crippen LogP contribution in [0, 0.1) is 11.3 Å². The van der Waals surface area contributed by atoms with Crippen molar-refractivity contribution in [3.05, 3.63) is 59.9 Å². The third kappa shape index (κ3) is 3.33. The second kappa shape index (κ2) is 6.34. The highest BCUT2D eigenvalue weighted by molar-refractivity contribution is 5.91. The summed E-state index contributed by atoms with van der Waals surface area (Å²) in [6.45, 7) is 0.428. The van der Waals surface area contributed by atoms with Gasteiger partial charge >= 0.3 is 5.97 Å². The van der Waals surface area contributed by atoms with Gasteiger partial charge in [0.2, 0.25) is 0 Å². The molecule has 0 aliphatic carbocycles. The number of aromatic nitrogens is 2. The highest BCUT2D eigenvalue weighted by atomic mass is 16.5. The van der Waals surface area contributed by atoms with Crippen LogP contribution in [0.25, 0.3) is 5.57 Å². The minimum absolute atomic E-state index is 0.428. The van der Waals surface area contributed by atoms with Gasteiger partial charge in [-0.25, -0.2) is 4.79 Å². The number of allylic oxidation sites excluding steroid dienone is 1. The van der Waals surface area contributed by atoms with Gasteiger partial charge in [-0.05, 0) is 29.3 Å². The van der Waals surface area contributed by atoms with Gasteiger partial charge in [-0.3, -0.25) is 4.68 Å². The van der Waals surface area contributed by atoms with Crippen LogP contribution < -0.4 is 0 Å². The largest absolute Gasteiger partial charge is 0.466 e. The lowest BCUT2D eigenvalue weighted by Gasteiger charge is -2.08. The number of carbonyl (C=O) groups excluding carboxylic acids is 1. The summed E-state index contributed by atoms with van der Waals surface area (Å²) in [4.78, 5) is 11.5. The number of benzene rings is 1. The van der Waals surface area contributed by atoms with Crippen molar-refractivity contribution in [3.63, 3.8) is 0 Å². The molecule has 0 saturated carbocycles. The Kier molecular flexibility index (Phi) is 4.30. The highest BCUT2D eigenvalue weighted by Gasteiger charge is 2.07. The van der Waals surface area contributed by atoms with Crippen molar-refractivity contribution in [2.75, 3.05) is 7.11 Å². The van der Waals surface area contributed by atoms with E-state index in [9.17, 15) is 4.79 Å². The van der Waals surface area contributed by atoms with Gasteiger partial charge in [0.05, 0.1) is 25.3 Å². The smallest absolute Gasteiger partial charge is 0.330 e. The molecule has 5 heteroatoms. The standard InChI is InChI=1S/C15H13N3O2/c1-20-15(19)9-14(11-18-7-3-6-17-18)13-5-2-4-12(8-13)10-16/h2-9H,11H2,1H3/b14-9-. The molecule has 0 spiro atoms. The molecule has 2 rings (SSSR count). The summed E-state index contributed by atoms with van der Waals surface area (Å²) in [6.07, 6.45) is 4.89. The Morgan fingerprint density at radius 3 is 3.00 bits per heavy atom. The van der Waals surface area contributed by atoms with E-state index < -0.39 is 5.97 Å². The molecule has 0 N–H and O–H groups in total. The van der Waals surface area contributed by atoms with Crippen LogP contribution in [0.3, 0.4) is 0 Å². The van der Waals surface area contributed by atoms with E-state index in [0.717, 1.165) is 11.1 Å². The van der Waals surface area contributed by atoms with Crippen molar-refractivity contribution in [1.82, 2.24) is 9.78 Å². The van der Waals surface area contributed by atoms with E-state index in [1.807, 2.05) is 12.1 Å². The van der Waals surface area contributed by atoms with E-state index >= 15 is 0 Å². The first-order chi connectivity index (χ1) is 9.72. The zero-order valence-corrected chi connectivity index (χ0v) is 11.0. The fraction of sp³-hybridized carbons (Fsp3) is 0.133. The van der Waals surface area contributed by atoms with Crippen LogP contribution >= 0.6 is 0 Å². The van der Waals surface area contributed by atoms with E-state index in [0.29, 0.717) is 12.1 Å². The molecule has 0 radical (unpaired) electrons. The molecule has 0 fully saturated rings. The van der Waals surface area contributed by atoms with Crippen molar-refractivity contribution in [3.8, 4) is 6.07 Å². The Hall–Kier alpha value is -2.87. The number of rotatable bonds is 4. The number of esters is 1. The van der Waals surface area contributed by atoms with Gasteiger partial charge in [-0.1, -0.05) is 12.1 Å². The number of hydrogen-bond donors (Lipinski definition) is 0. The normalized spacial score (nSPS) is 10.9. The number of hydrogen-bond acceptors (Lipinski definition) is 4. The SMILES string of the molecule is COC(=O)/C=C(/Cn1cccn1)c1cccc(C#N)c1. The van der Waals surface area contributed by atoms with Gasteiger partial charge in [0.1, 0.15) is 0 Å². The first-order valence-electron chi connectivity index (χ1n) is 5.99. The Morgan fingerprint density at radius 2 is 2.35 bits per heavy atom. The van der Waals surface area contributed by atoms with E-state index in [1.54, 1.807) is 35.3 Å². The molecule has 100 valence electrons. The predicted octanol–water partition coefficient (Wildman–Crippen LogP) is 2.01. The Balaban J connectivity index is 2.37. The Labute approximate surface area is 116 Å². The average molecular weight is 267 g/mol. The molecule has 5 nitrogen and oxygen atoms in total. The number of carbonyl (C=O) groups is 1. The van der Waals surface area contributed by atoms with Gasteiger partial charge in [0.25, 0.3) is 0 Å². The van der Waals surface area contributed by atoms with E-state index in [1.165, 1.54) is 13.2 Å². The molecule has 20 heavy (non-hydrogen) atoms. The minimum Gasteiger partial charge on any atom is -0.466 e. The van der Waals surface area contributed by atoms with E-state index in [-0.39, 0.29) is 0 Å². The molecule has 0 aliphatic rings. The highest BCUT2D eigenvalue weighted by Crippen LogP contribution is 2.18. The third-order valence-electron chi connectivity index (χ3n) is 2.75. The van der Waals surface area contributed by atoms with Crippen molar-refractivity contribution in [1.29, 1.82) is 5.26 Å². The molecular formula is C15H13N3O2. The summed E-state index contributed by atoms with van der Waals surface area (Å²) in [7, 11) is 1.33. The van der Waals surface area contributed by atoms with Crippen LogP contribution in [0.2, 0.25) is 0 Å². The fourth-order valence-corrected chi connectivity index (χ4v) is 1.78. The van der Waals surface area contributed by atoms with Gasteiger partial charge in [-0.2, -0.15) is 10.4 Å². The lowest BCUT2D eigenvalue weighted by Crippen LogP contribution is -2.05. The maximum absolute atomic E-state index is 11.5. The summed E-state index contributed by atoms with van der Waals surface area (Å²) in [5.74, 6) is -0.436. The maximum atomic E-state index is 11.5. The number of ether oxygens (including phenoxy) is 1. The second-order valence-electron chi connectivity index (χ2n) is 4.09. The van der Waals surface area contributed by atoms with Crippen LogP contribution in [0.1, 0.15) is 11.1 Å². The zero-order valence-electron chi connectivity index (χ0n) is 11.0. The van der Waals surface area contributed by atoms with Crippen molar-refractivity contribution in [2.45, 2.75) is 6.54 Å². The molecule has 0 aliphatic heterocycles. The number of nitrogens with zero attached hydrogens (tertiary/aromatic N) is 3.